The van der Waals surface area contributed by atoms with Crippen molar-refractivity contribution in [3.05, 3.63) is 57.6 Å². The summed E-state index contributed by atoms with van der Waals surface area (Å²) < 4.78 is 59.3. The fraction of sp³-hybridized carbons (Fsp3) is 0.444. The van der Waals surface area contributed by atoms with Crippen LogP contribution < -0.4 is 10.2 Å². The Balaban J connectivity index is 1.74. The summed E-state index contributed by atoms with van der Waals surface area (Å²) in [5.74, 6) is -13.0. The highest BCUT2D eigenvalue weighted by molar-refractivity contribution is 6.35. The number of hydrogen-bond donors (Lipinski definition) is 2. The van der Waals surface area contributed by atoms with Gasteiger partial charge in [-0.25, -0.2) is 17.6 Å². The number of carbonyl (C=O) groups is 3. The zero-order chi connectivity index (χ0) is 29.5. The lowest BCUT2D eigenvalue weighted by Crippen LogP contribution is -2.54. The van der Waals surface area contributed by atoms with Gasteiger partial charge in [-0.05, 0) is 29.7 Å². The predicted octanol–water partition coefficient (Wildman–Crippen LogP) is 5.54. The number of nitrogens with zero attached hydrogens (tertiary/aromatic N) is 2. The molecule has 0 aliphatic carbocycles. The summed E-state index contributed by atoms with van der Waals surface area (Å²) in [5.41, 5.74) is -3.77. The number of fused-ring (bicyclic) bond motifs is 4. The van der Waals surface area contributed by atoms with Crippen LogP contribution in [0.3, 0.4) is 0 Å². The molecule has 2 fully saturated rings. The van der Waals surface area contributed by atoms with Crippen molar-refractivity contribution in [1.82, 2.24) is 4.90 Å². The maximum atomic E-state index is 15.0. The molecule has 2 aromatic rings. The lowest BCUT2D eigenvalue weighted by atomic mass is 9.73. The molecule has 7 nitrogen and oxygen atoms in total. The summed E-state index contributed by atoms with van der Waals surface area (Å²) >= 11 is 12.4. The number of halogens is 6. The van der Waals surface area contributed by atoms with Crippen molar-refractivity contribution in [3.63, 3.8) is 0 Å². The third-order valence-electron chi connectivity index (χ3n) is 7.65. The molecule has 0 bridgehead atoms. The minimum absolute atomic E-state index is 0.00744. The molecule has 214 valence electrons. The van der Waals surface area contributed by atoms with E-state index in [0.29, 0.717) is 6.07 Å². The number of carbonyl (C=O) groups excluding carboxylic acids is 2. The summed E-state index contributed by atoms with van der Waals surface area (Å²) in [6.45, 7) is 4.36. The highest BCUT2D eigenvalue weighted by Crippen LogP contribution is 2.60. The van der Waals surface area contributed by atoms with Gasteiger partial charge in [0.2, 0.25) is 5.91 Å². The molecule has 40 heavy (non-hydrogen) atoms. The molecule has 0 radical (unpaired) electrons. The molecular formula is C27H25Cl2F4N3O4. The van der Waals surface area contributed by atoms with Crippen molar-refractivity contribution in [2.45, 2.75) is 44.7 Å². The van der Waals surface area contributed by atoms with Crippen LogP contribution in [0.4, 0.5) is 28.9 Å². The second-order valence-electron chi connectivity index (χ2n) is 11.7. The van der Waals surface area contributed by atoms with Crippen molar-refractivity contribution >= 4 is 52.4 Å². The van der Waals surface area contributed by atoms with Crippen LogP contribution >= 0.6 is 23.2 Å². The van der Waals surface area contributed by atoms with Crippen LogP contribution in [0.5, 0.6) is 0 Å². The molecule has 3 aliphatic rings. The third kappa shape index (κ3) is 4.42. The number of benzene rings is 2. The number of rotatable bonds is 4. The second-order valence-corrected chi connectivity index (χ2v) is 12.6. The molecular weight excluding hydrogens is 577 g/mol. The molecule has 2 aromatic carbocycles. The average molecular weight is 602 g/mol. The molecule has 5 rings (SSSR count). The van der Waals surface area contributed by atoms with Crippen LogP contribution in [-0.4, -0.2) is 52.8 Å². The molecule has 2 saturated heterocycles. The van der Waals surface area contributed by atoms with Gasteiger partial charge in [0.15, 0.2) is 0 Å². The van der Waals surface area contributed by atoms with Crippen LogP contribution in [0, 0.1) is 28.9 Å². The van der Waals surface area contributed by atoms with E-state index < -0.39 is 88.4 Å². The van der Waals surface area contributed by atoms with Crippen LogP contribution in [0.15, 0.2) is 30.3 Å². The summed E-state index contributed by atoms with van der Waals surface area (Å²) in [6, 6.07) is 4.11. The quantitative estimate of drug-likeness (QED) is 0.449. The van der Waals surface area contributed by atoms with E-state index in [9.17, 15) is 28.3 Å². The van der Waals surface area contributed by atoms with Gasteiger partial charge in [0.05, 0.1) is 18.2 Å². The number of nitrogens with one attached hydrogen (secondary N) is 1. The molecule has 2 N–H and O–H groups in total. The minimum atomic E-state index is -3.41. The number of anilines is 2. The molecule has 3 aliphatic heterocycles. The van der Waals surface area contributed by atoms with E-state index in [1.807, 2.05) is 20.8 Å². The van der Waals surface area contributed by atoms with Crippen molar-refractivity contribution in [2.75, 3.05) is 23.3 Å². The molecule has 3 heterocycles. The molecule has 1 spiro atoms. The monoisotopic (exact) mass is 601 g/mol. The van der Waals surface area contributed by atoms with Gasteiger partial charge in [-0.2, -0.15) is 0 Å². The Bertz CT molecular complexity index is 1430. The van der Waals surface area contributed by atoms with Crippen molar-refractivity contribution in [2.24, 2.45) is 17.3 Å². The van der Waals surface area contributed by atoms with E-state index in [-0.39, 0.29) is 22.3 Å². The standard InChI is InChI=1S/C27H25Cl2F4N3O4/c1-25(2,3)10-35(15-5-12(28)4-13(29)6-15)22(37)19-18-9-26(32,33)11-36(18)27(20(19)23(38)39)16-7-14(30)8-17(31)21(16)34-24(27)40/h4-8,18-20H,9-11H2,1-3H3,(H,34,40)(H,38,39)/t18-,19+,20-,27+/m0/s1. The van der Waals surface area contributed by atoms with Crippen molar-refractivity contribution in [3.8, 4) is 0 Å². The molecule has 2 amide bonds. The summed E-state index contributed by atoms with van der Waals surface area (Å²) in [7, 11) is 0. The first-order chi connectivity index (χ1) is 18.5. The zero-order valence-corrected chi connectivity index (χ0v) is 23.1. The van der Waals surface area contributed by atoms with Gasteiger partial charge in [-0.15, -0.1) is 0 Å². The van der Waals surface area contributed by atoms with Crippen molar-refractivity contribution < 1.29 is 37.1 Å². The van der Waals surface area contributed by atoms with Gasteiger partial charge in [0, 0.05) is 46.4 Å². The number of hydrogen-bond acceptors (Lipinski definition) is 4. The number of amides is 2. The zero-order valence-electron chi connectivity index (χ0n) is 21.6. The van der Waals surface area contributed by atoms with E-state index in [1.54, 1.807) is 0 Å². The number of aliphatic carboxylic acids is 1. The fourth-order valence-electron chi connectivity index (χ4n) is 6.43. The van der Waals surface area contributed by atoms with Gasteiger partial charge < -0.3 is 15.3 Å². The topological polar surface area (TPSA) is 90.0 Å². The van der Waals surface area contributed by atoms with E-state index in [1.165, 1.54) is 23.1 Å². The Morgan fingerprint density at radius 2 is 1.75 bits per heavy atom. The van der Waals surface area contributed by atoms with Crippen molar-refractivity contribution in [1.29, 1.82) is 0 Å². The van der Waals surface area contributed by atoms with E-state index >= 15 is 8.78 Å². The number of carboxylic acids is 1. The molecule has 0 saturated carbocycles. The van der Waals surface area contributed by atoms with Crippen LogP contribution in [0.25, 0.3) is 0 Å². The predicted molar refractivity (Wildman–Crippen MR) is 140 cm³/mol. The van der Waals surface area contributed by atoms with Crippen LogP contribution in [0.2, 0.25) is 10.0 Å². The lowest BCUT2D eigenvalue weighted by molar-refractivity contribution is -0.153. The molecule has 13 heteroatoms. The number of alkyl halides is 2. The second kappa shape index (κ2) is 9.32. The van der Waals surface area contributed by atoms with Gasteiger partial charge in [-0.3, -0.25) is 19.3 Å². The highest BCUT2D eigenvalue weighted by atomic mass is 35.5. The fourth-order valence-corrected chi connectivity index (χ4v) is 6.94. The number of carboxylic acid groups (broad SMARTS) is 1. The normalized spacial score (nSPS) is 27.0. The smallest absolute Gasteiger partial charge is 0.310 e. The first-order valence-electron chi connectivity index (χ1n) is 12.4. The van der Waals surface area contributed by atoms with Crippen LogP contribution in [0.1, 0.15) is 32.8 Å². The Hall–Kier alpha value is -2.89. The van der Waals surface area contributed by atoms with Crippen LogP contribution in [-0.2, 0) is 19.9 Å². The van der Waals surface area contributed by atoms with Gasteiger partial charge >= 0.3 is 5.97 Å². The summed E-state index contributed by atoms with van der Waals surface area (Å²) in [5, 5.41) is 13.1. The minimum Gasteiger partial charge on any atom is -0.481 e. The molecule has 0 aromatic heterocycles. The average Bonchev–Trinajstić information content (AvgIpc) is 3.37. The van der Waals surface area contributed by atoms with E-state index in [4.69, 9.17) is 23.2 Å². The molecule has 0 unspecified atom stereocenters. The maximum absolute atomic E-state index is 15.0. The molecule has 4 atom stereocenters. The summed E-state index contributed by atoms with van der Waals surface area (Å²) in [4.78, 5) is 43.2. The lowest BCUT2D eigenvalue weighted by Gasteiger charge is -2.36. The Labute approximate surface area is 237 Å². The Kier molecular flexibility index (Phi) is 6.67. The third-order valence-corrected chi connectivity index (χ3v) is 8.08. The first kappa shape index (κ1) is 28.6. The van der Waals surface area contributed by atoms with Gasteiger partial charge in [0.25, 0.3) is 11.8 Å². The SMILES string of the molecule is CC(C)(C)CN(C(=O)[C@H]1[C@@H](C(=O)O)[C@]2(C(=O)Nc3c(F)cc(F)cc32)N2CC(F)(F)C[C@@H]12)c1cc(Cl)cc(Cl)c1. The van der Waals surface area contributed by atoms with E-state index in [0.717, 1.165) is 11.0 Å². The van der Waals surface area contributed by atoms with E-state index in [2.05, 4.69) is 5.32 Å². The largest absolute Gasteiger partial charge is 0.481 e. The summed E-state index contributed by atoms with van der Waals surface area (Å²) in [6.07, 6.45) is -0.936. The Morgan fingerprint density at radius 1 is 1.12 bits per heavy atom. The first-order valence-corrected chi connectivity index (χ1v) is 13.2. The van der Waals surface area contributed by atoms with Gasteiger partial charge in [-0.1, -0.05) is 44.0 Å². The maximum Gasteiger partial charge on any atom is 0.310 e. The Morgan fingerprint density at radius 3 is 2.33 bits per heavy atom. The van der Waals surface area contributed by atoms with Gasteiger partial charge in [0.1, 0.15) is 23.1 Å². The highest BCUT2D eigenvalue weighted by Gasteiger charge is 2.75.